The van der Waals surface area contributed by atoms with E-state index in [1.807, 2.05) is 0 Å². The average Bonchev–Trinajstić information content (AvgIpc) is 2.66. The fraction of sp³-hybridized carbons (Fsp3) is 0.810. The fourth-order valence-corrected chi connectivity index (χ4v) is 21.5. The van der Waals surface area contributed by atoms with Gasteiger partial charge in [0.1, 0.15) is 0 Å². The number of rotatable bonds is 11. The summed E-state index contributed by atoms with van der Waals surface area (Å²) in [6, 6.07) is 0. The van der Waals surface area contributed by atoms with Gasteiger partial charge in [-0.3, -0.25) is 0 Å². The third-order valence-corrected chi connectivity index (χ3v) is 21.8. The number of piperazine rings is 1. The van der Waals surface area contributed by atoms with Gasteiger partial charge in [0.15, 0.2) is 0 Å². The third-order valence-electron chi connectivity index (χ3n) is 6.26. The molecule has 0 unspecified atom stereocenters. The molecule has 0 bridgehead atoms. The molecule has 0 radical (unpaired) electrons. The summed E-state index contributed by atoms with van der Waals surface area (Å²) in [5, 5.41) is 0. The van der Waals surface area contributed by atoms with Gasteiger partial charge in [-0.15, -0.1) is 0 Å². The molecule has 1 aromatic rings. The first-order valence-corrected chi connectivity index (χ1v) is 18.3. The van der Waals surface area contributed by atoms with Crippen molar-refractivity contribution < 1.29 is 0 Å². The van der Waals surface area contributed by atoms with Crippen LogP contribution >= 0.6 is 0 Å². The second-order valence-corrected chi connectivity index (χ2v) is 21.3. The molecule has 1 aliphatic rings. The van der Waals surface area contributed by atoms with Gasteiger partial charge in [0.05, 0.1) is 0 Å². The van der Waals surface area contributed by atoms with Crippen LogP contribution in [0.1, 0.15) is 59.3 Å². The van der Waals surface area contributed by atoms with Gasteiger partial charge in [-0.05, 0) is 0 Å². The van der Waals surface area contributed by atoms with E-state index in [4.69, 9.17) is 0 Å². The number of unbranched alkanes of at least 4 members (excludes halogenated alkanes) is 3. The molecule has 0 aromatic heterocycles. The van der Waals surface area contributed by atoms with Crippen molar-refractivity contribution in [1.29, 1.82) is 0 Å². The molecular weight excluding hydrogens is 431 g/mol. The first-order chi connectivity index (χ1) is 12.5. The summed E-state index contributed by atoms with van der Waals surface area (Å²) in [5.74, 6) is 0. The Labute approximate surface area is 163 Å². The van der Waals surface area contributed by atoms with Crippen molar-refractivity contribution in [2.45, 2.75) is 72.6 Å². The van der Waals surface area contributed by atoms with Gasteiger partial charge < -0.3 is 0 Å². The van der Waals surface area contributed by atoms with Crippen molar-refractivity contribution in [3.8, 4) is 0 Å². The number of hydrogen-bond donors (Lipinski definition) is 0. The standard InChI is InChI=1S/C9H11N2O2.3C4H9.Sn/c1-10-2-4-11(5-3-10)7-6-8(12)9(7)13;3*1-3-4-2;/h2-5H2,1H3;3*1,3-4H2,2H3;. The minimum absolute atomic E-state index is 0.0852. The van der Waals surface area contributed by atoms with Crippen LogP contribution in [0.25, 0.3) is 0 Å². The zero-order valence-electron chi connectivity index (χ0n) is 17.4. The van der Waals surface area contributed by atoms with Gasteiger partial charge in [0.25, 0.3) is 0 Å². The van der Waals surface area contributed by atoms with Crippen LogP contribution in [-0.2, 0) is 0 Å². The molecule has 0 atom stereocenters. The SMILES string of the molecule is CCC[CH2][Sn]([CH2]CCC)([CH2]CCC)[c]1c(N2CCN(C)CC2)c(=O)c1=O. The molecule has 26 heavy (non-hydrogen) atoms. The van der Waals surface area contributed by atoms with Gasteiger partial charge in [-0.2, -0.15) is 0 Å². The summed E-state index contributed by atoms with van der Waals surface area (Å²) >= 11 is -2.82. The van der Waals surface area contributed by atoms with Crippen molar-refractivity contribution in [1.82, 2.24) is 4.90 Å². The monoisotopic (exact) mass is 470 g/mol. The Bertz CT molecular complexity index is 606. The van der Waals surface area contributed by atoms with Crippen LogP contribution in [0.15, 0.2) is 9.59 Å². The van der Waals surface area contributed by atoms with Crippen LogP contribution in [0.4, 0.5) is 5.69 Å². The Morgan fingerprint density at radius 3 is 1.65 bits per heavy atom. The number of nitrogens with zero attached hydrogens (tertiary/aromatic N) is 2. The van der Waals surface area contributed by atoms with Crippen LogP contribution < -0.4 is 19.3 Å². The topological polar surface area (TPSA) is 40.6 Å². The van der Waals surface area contributed by atoms with Crippen molar-refractivity contribution in [2.75, 3.05) is 38.1 Å². The molecule has 1 saturated heterocycles. The summed E-state index contributed by atoms with van der Waals surface area (Å²) < 4.78 is 4.90. The zero-order valence-corrected chi connectivity index (χ0v) is 20.3. The Morgan fingerprint density at radius 2 is 1.23 bits per heavy atom. The number of anilines is 1. The van der Waals surface area contributed by atoms with Crippen molar-refractivity contribution >= 4 is 27.6 Å². The van der Waals surface area contributed by atoms with Crippen LogP contribution in [0, 0.1) is 0 Å². The molecule has 1 fully saturated rings. The Morgan fingerprint density at radius 1 is 0.769 bits per heavy atom. The van der Waals surface area contributed by atoms with Crippen molar-refractivity contribution in [3.05, 3.63) is 20.4 Å². The van der Waals surface area contributed by atoms with Crippen molar-refractivity contribution in [3.63, 3.8) is 0 Å². The molecule has 2 rings (SSSR count). The minimum atomic E-state index is -2.82. The Balaban J connectivity index is 2.41. The van der Waals surface area contributed by atoms with E-state index in [1.165, 1.54) is 51.8 Å². The Hall–Kier alpha value is -0.361. The molecule has 1 heterocycles. The molecule has 5 heteroatoms. The molecule has 148 valence electrons. The zero-order chi connectivity index (χ0) is 19.2. The van der Waals surface area contributed by atoms with Crippen LogP contribution in [0.3, 0.4) is 0 Å². The molecule has 1 aromatic carbocycles. The normalized spacial score (nSPS) is 16.5. The molecule has 0 N–H and O–H groups in total. The predicted octanol–water partition coefficient (Wildman–Crippen LogP) is 3.09. The van der Waals surface area contributed by atoms with Gasteiger partial charge in [-0.25, -0.2) is 0 Å². The summed E-state index contributed by atoms with van der Waals surface area (Å²) in [6.45, 7) is 10.5. The molecule has 0 amide bonds. The van der Waals surface area contributed by atoms with E-state index in [0.717, 1.165) is 35.4 Å². The van der Waals surface area contributed by atoms with E-state index < -0.39 is 18.4 Å². The fourth-order valence-electron chi connectivity index (χ4n) is 4.50. The molecule has 0 aliphatic carbocycles. The summed E-state index contributed by atoms with van der Waals surface area (Å²) in [4.78, 5) is 30.0. The summed E-state index contributed by atoms with van der Waals surface area (Å²) in [6.07, 6.45) is 7.25. The second-order valence-electron chi connectivity index (χ2n) is 8.26. The Kier molecular flexibility index (Phi) is 8.65. The van der Waals surface area contributed by atoms with Crippen molar-refractivity contribution in [2.24, 2.45) is 0 Å². The van der Waals surface area contributed by atoms with E-state index in [0.29, 0.717) is 0 Å². The van der Waals surface area contributed by atoms with E-state index in [-0.39, 0.29) is 10.9 Å². The van der Waals surface area contributed by atoms with Gasteiger partial charge in [0.2, 0.25) is 0 Å². The number of hydrogen-bond acceptors (Lipinski definition) is 4. The molecule has 4 nitrogen and oxygen atoms in total. The second kappa shape index (κ2) is 10.3. The van der Waals surface area contributed by atoms with E-state index in [9.17, 15) is 9.59 Å². The summed E-state index contributed by atoms with van der Waals surface area (Å²) in [5.41, 5.74) is 0.621. The predicted molar refractivity (Wildman–Crippen MR) is 116 cm³/mol. The molecule has 1 aliphatic heterocycles. The van der Waals surface area contributed by atoms with Crippen LogP contribution in [0.5, 0.6) is 0 Å². The molecule has 0 saturated carbocycles. The molecular formula is C21H38N2O2Sn. The van der Waals surface area contributed by atoms with Gasteiger partial charge in [-0.1, -0.05) is 0 Å². The van der Waals surface area contributed by atoms with E-state index >= 15 is 0 Å². The average molecular weight is 469 g/mol. The quantitative estimate of drug-likeness (QED) is 0.369. The van der Waals surface area contributed by atoms with Gasteiger partial charge in [0, 0.05) is 0 Å². The first kappa shape index (κ1) is 21.9. The van der Waals surface area contributed by atoms with Crippen LogP contribution in [-0.4, -0.2) is 56.5 Å². The third kappa shape index (κ3) is 4.72. The van der Waals surface area contributed by atoms with E-state index in [1.54, 1.807) is 0 Å². The van der Waals surface area contributed by atoms with E-state index in [2.05, 4.69) is 37.6 Å². The van der Waals surface area contributed by atoms with Gasteiger partial charge >= 0.3 is 164 Å². The maximum absolute atomic E-state index is 12.8. The summed E-state index contributed by atoms with van der Waals surface area (Å²) in [7, 11) is 2.13. The first-order valence-electron chi connectivity index (χ1n) is 10.8. The maximum atomic E-state index is 12.8. The number of likely N-dealkylation sites (N-methyl/N-ethyl adjacent to an activating group) is 1. The molecule has 0 spiro atoms. The van der Waals surface area contributed by atoms with Crippen LogP contribution in [0.2, 0.25) is 13.3 Å².